The van der Waals surface area contributed by atoms with Gasteiger partial charge in [-0.25, -0.2) is 9.79 Å². The van der Waals surface area contributed by atoms with Crippen molar-refractivity contribution in [1.82, 2.24) is 4.57 Å². The van der Waals surface area contributed by atoms with Gasteiger partial charge in [-0.3, -0.25) is 19.5 Å². The predicted molar refractivity (Wildman–Crippen MR) is 139 cm³/mol. The van der Waals surface area contributed by atoms with Crippen LogP contribution >= 0.6 is 11.3 Å². The molecule has 192 valence electrons. The van der Waals surface area contributed by atoms with E-state index in [-0.39, 0.29) is 22.5 Å². The van der Waals surface area contributed by atoms with Crippen LogP contribution in [0.1, 0.15) is 29.9 Å². The van der Waals surface area contributed by atoms with Crippen molar-refractivity contribution in [3.05, 3.63) is 119 Å². The van der Waals surface area contributed by atoms with Crippen molar-refractivity contribution >= 4 is 35.0 Å². The van der Waals surface area contributed by atoms with Gasteiger partial charge in [-0.05, 0) is 30.7 Å². The quantitative estimate of drug-likeness (QED) is 0.203. The number of methoxy groups -OCH3 is 1. The topological polar surface area (TPSA) is 126 Å². The standard InChI is InChI=1S/C27H21N3O7S/c1-3-36-26(32)22-23(16-8-5-4-6-9-16)28-27-29(24(22)17-10-7-11-18(14-17)35-2)25(31)20(38-27)15-19-12-13-21(37-19)30(33)34/h4-15,24H,3H2,1-2H3/b20-15+. The number of aromatic nitrogens is 1. The molecule has 1 aliphatic heterocycles. The van der Waals surface area contributed by atoms with Gasteiger partial charge in [0.05, 0.1) is 41.6 Å². The van der Waals surface area contributed by atoms with Crippen LogP contribution in [0.3, 0.4) is 0 Å². The maximum Gasteiger partial charge on any atom is 0.433 e. The molecule has 0 saturated carbocycles. The molecule has 2 aromatic carbocycles. The van der Waals surface area contributed by atoms with E-state index >= 15 is 0 Å². The number of fused-ring (bicyclic) bond motifs is 1. The largest absolute Gasteiger partial charge is 0.497 e. The molecule has 0 fully saturated rings. The summed E-state index contributed by atoms with van der Waals surface area (Å²) in [6.45, 7) is 1.84. The van der Waals surface area contributed by atoms with Crippen molar-refractivity contribution in [3.63, 3.8) is 0 Å². The summed E-state index contributed by atoms with van der Waals surface area (Å²) in [5.41, 5.74) is 1.46. The highest BCUT2D eigenvalue weighted by Gasteiger charge is 2.35. The molecular formula is C27H21N3O7S. The van der Waals surface area contributed by atoms with E-state index in [1.165, 1.54) is 29.9 Å². The molecule has 11 heteroatoms. The van der Waals surface area contributed by atoms with Crippen molar-refractivity contribution in [1.29, 1.82) is 0 Å². The molecule has 4 aromatic rings. The number of carbonyl (C=O) groups excluding carboxylic acids is 1. The Bertz CT molecular complexity index is 1750. The lowest BCUT2D eigenvalue weighted by molar-refractivity contribution is -0.402. The second-order valence-electron chi connectivity index (χ2n) is 8.14. The third-order valence-corrected chi connectivity index (χ3v) is 6.83. The van der Waals surface area contributed by atoms with Crippen LogP contribution < -0.4 is 19.6 Å². The Balaban J connectivity index is 1.82. The second kappa shape index (κ2) is 10.3. The fraction of sp³-hybridized carbons (Fsp3) is 0.148. The molecule has 1 atom stereocenters. The van der Waals surface area contributed by atoms with Crippen molar-refractivity contribution in [2.45, 2.75) is 13.0 Å². The molecule has 0 spiro atoms. The zero-order valence-corrected chi connectivity index (χ0v) is 21.1. The summed E-state index contributed by atoms with van der Waals surface area (Å²) in [5.74, 6) is -0.338. The number of nitro groups is 1. The first-order valence-corrected chi connectivity index (χ1v) is 12.4. The van der Waals surface area contributed by atoms with Gasteiger partial charge in [-0.2, -0.15) is 0 Å². The molecule has 0 saturated heterocycles. The van der Waals surface area contributed by atoms with Gasteiger partial charge in [0.25, 0.3) is 5.56 Å². The van der Waals surface area contributed by atoms with E-state index < -0.39 is 28.4 Å². The van der Waals surface area contributed by atoms with Crippen molar-refractivity contribution in [2.24, 2.45) is 4.99 Å². The fourth-order valence-electron chi connectivity index (χ4n) is 4.21. The smallest absolute Gasteiger partial charge is 0.433 e. The second-order valence-corrected chi connectivity index (χ2v) is 9.15. The Hall–Kier alpha value is -4.77. The average Bonchev–Trinajstić information content (AvgIpc) is 3.53. The molecule has 0 N–H and O–H groups in total. The van der Waals surface area contributed by atoms with Gasteiger partial charge in [-0.1, -0.05) is 53.8 Å². The Morgan fingerprint density at radius 2 is 1.97 bits per heavy atom. The summed E-state index contributed by atoms with van der Waals surface area (Å²) in [6, 6.07) is 18.0. The summed E-state index contributed by atoms with van der Waals surface area (Å²) >= 11 is 1.09. The summed E-state index contributed by atoms with van der Waals surface area (Å²) in [7, 11) is 1.53. The third-order valence-electron chi connectivity index (χ3n) is 5.85. The van der Waals surface area contributed by atoms with E-state index in [0.29, 0.717) is 27.4 Å². The molecule has 10 nitrogen and oxygen atoms in total. The first-order valence-electron chi connectivity index (χ1n) is 11.6. The Kier molecular flexibility index (Phi) is 6.75. The number of thiazole rings is 1. The molecule has 1 unspecified atom stereocenters. The molecule has 38 heavy (non-hydrogen) atoms. The molecule has 3 heterocycles. The molecule has 2 aromatic heterocycles. The highest BCUT2D eigenvalue weighted by Crippen LogP contribution is 2.36. The van der Waals surface area contributed by atoms with Gasteiger partial charge < -0.3 is 13.9 Å². The predicted octanol–water partition coefficient (Wildman–Crippen LogP) is 3.45. The molecule has 1 aliphatic rings. The molecule has 0 aliphatic carbocycles. The maximum absolute atomic E-state index is 13.8. The third kappa shape index (κ3) is 4.55. The zero-order chi connectivity index (χ0) is 26.8. The van der Waals surface area contributed by atoms with Crippen molar-refractivity contribution in [3.8, 4) is 5.75 Å². The number of benzene rings is 2. The van der Waals surface area contributed by atoms with Crippen LogP contribution in [0, 0.1) is 10.1 Å². The minimum atomic E-state index is -0.872. The van der Waals surface area contributed by atoms with Crippen molar-refractivity contribution < 1.29 is 23.6 Å². The number of hydrogen-bond acceptors (Lipinski definition) is 9. The normalized spacial score (nSPS) is 15.1. The molecule has 0 bridgehead atoms. The highest BCUT2D eigenvalue weighted by molar-refractivity contribution is 7.07. The maximum atomic E-state index is 13.8. The monoisotopic (exact) mass is 531 g/mol. The van der Waals surface area contributed by atoms with E-state index in [1.807, 2.05) is 30.3 Å². The zero-order valence-electron chi connectivity index (χ0n) is 20.3. The number of furan rings is 1. The number of nitrogens with zero attached hydrogens (tertiary/aromatic N) is 3. The van der Waals surface area contributed by atoms with E-state index in [2.05, 4.69) is 0 Å². The Morgan fingerprint density at radius 1 is 1.18 bits per heavy atom. The van der Waals surface area contributed by atoms with E-state index in [9.17, 15) is 19.7 Å². The lowest BCUT2D eigenvalue weighted by Crippen LogP contribution is -2.40. The highest BCUT2D eigenvalue weighted by atomic mass is 32.1. The van der Waals surface area contributed by atoms with Gasteiger partial charge in [0.15, 0.2) is 4.80 Å². The van der Waals surface area contributed by atoms with Crippen LogP contribution in [0.15, 0.2) is 86.5 Å². The SMILES string of the molecule is CCOC(=O)C1=C(c2ccccc2)N=c2s/c(=C/c3ccc([N+](=O)[O-])o3)c(=O)n2C1c1cccc(OC)c1. The van der Waals surface area contributed by atoms with Crippen LogP contribution in [0.25, 0.3) is 11.8 Å². The van der Waals surface area contributed by atoms with Crippen molar-refractivity contribution in [2.75, 3.05) is 13.7 Å². The van der Waals surface area contributed by atoms with Crippen LogP contribution in [0.4, 0.5) is 5.88 Å². The van der Waals surface area contributed by atoms with E-state index in [1.54, 1.807) is 31.2 Å². The first-order chi connectivity index (χ1) is 18.4. The molecule has 0 amide bonds. The first kappa shape index (κ1) is 24.9. The summed E-state index contributed by atoms with van der Waals surface area (Å²) in [5, 5.41) is 11.0. The summed E-state index contributed by atoms with van der Waals surface area (Å²) in [6.07, 6.45) is 1.43. The van der Waals surface area contributed by atoms with E-state index in [0.717, 1.165) is 11.3 Å². The Labute approximate surface area is 219 Å². The van der Waals surface area contributed by atoms with Crippen LogP contribution in [0.2, 0.25) is 0 Å². The van der Waals surface area contributed by atoms with Crippen LogP contribution in [-0.2, 0) is 9.53 Å². The van der Waals surface area contributed by atoms with Gasteiger partial charge in [-0.15, -0.1) is 0 Å². The van der Waals surface area contributed by atoms with Gasteiger partial charge in [0.2, 0.25) is 0 Å². The number of rotatable bonds is 7. The van der Waals surface area contributed by atoms with Gasteiger partial charge in [0, 0.05) is 11.6 Å². The number of esters is 1. The molecule has 0 radical (unpaired) electrons. The van der Waals surface area contributed by atoms with Gasteiger partial charge >= 0.3 is 11.9 Å². The fourth-order valence-corrected chi connectivity index (χ4v) is 5.20. The minimum absolute atomic E-state index is 0.136. The van der Waals surface area contributed by atoms with Crippen LogP contribution in [0.5, 0.6) is 5.75 Å². The number of hydrogen-bond donors (Lipinski definition) is 0. The lowest BCUT2D eigenvalue weighted by Gasteiger charge is -2.26. The number of carbonyl (C=O) groups is 1. The molecule has 5 rings (SSSR count). The average molecular weight is 532 g/mol. The van der Waals surface area contributed by atoms with Crippen LogP contribution in [-0.4, -0.2) is 29.2 Å². The number of ether oxygens (including phenoxy) is 2. The summed E-state index contributed by atoms with van der Waals surface area (Å²) in [4.78, 5) is 42.7. The summed E-state index contributed by atoms with van der Waals surface area (Å²) < 4.78 is 17.7. The molecular weight excluding hydrogens is 510 g/mol. The van der Waals surface area contributed by atoms with Gasteiger partial charge in [0.1, 0.15) is 16.4 Å². The van der Waals surface area contributed by atoms with E-state index in [4.69, 9.17) is 18.9 Å². The lowest BCUT2D eigenvalue weighted by atomic mass is 9.93. The minimum Gasteiger partial charge on any atom is -0.497 e. The Morgan fingerprint density at radius 3 is 2.66 bits per heavy atom.